The third-order valence-electron chi connectivity index (χ3n) is 2.39. The molecule has 0 aliphatic heterocycles. The summed E-state index contributed by atoms with van der Waals surface area (Å²) in [6.07, 6.45) is 0.260. The molecule has 0 fully saturated rings. The Hall–Kier alpha value is -1.05. The summed E-state index contributed by atoms with van der Waals surface area (Å²) in [5.74, 6) is 0. The molecule has 0 aliphatic carbocycles. The highest BCUT2D eigenvalue weighted by Gasteiger charge is 2.05. The Labute approximate surface area is 111 Å². The molecule has 0 saturated carbocycles. The number of nitrogens with zero attached hydrogens (tertiary/aromatic N) is 2. The molecular weight excluding hydrogens is 280 g/mol. The van der Waals surface area contributed by atoms with Crippen LogP contribution < -0.4 is 4.90 Å². The summed E-state index contributed by atoms with van der Waals surface area (Å²) in [5.41, 5.74) is 1.73. The second-order valence-electron chi connectivity index (χ2n) is 4.12. The highest BCUT2D eigenvalue weighted by atomic mass is 79.9. The molecule has 0 amide bonds. The van der Waals surface area contributed by atoms with Crippen molar-refractivity contribution in [2.75, 3.05) is 25.1 Å². The Morgan fingerprint density at radius 3 is 2.71 bits per heavy atom. The van der Waals surface area contributed by atoms with Gasteiger partial charge >= 0.3 is 0 Å². The molecule has 0 N–H and O–H groups in total. The fourth-order valence-electron chi connectivity index (χ4n) is 1.39. The quantitative estimate of drug-likeness (QED) is 0.837. The maximum atomic E-state index is 8.84. The third kappa shape index (κ3) is 4.37. The first-order valence-corrected chi connectivity index (χ1v) is 6.36. The molecule has 1 aromatic carbocycles. The van der Waals surface area contributed by atoms with Crippen LogP contribution >= 0.6 is 15.9 Å². The summed E-state index contributed by atoms with van der Waals surface area (Å²) < 4.78 is 6.33. The van der Waals surface area contributed by atoms with Crippen LogP contribution in [-0.4, -0.2) is 26.3 Å². The molecule has 3 nitrogen and oxygen atoms in total. The van der Waals surface area contributed by atoms with Gasteiger partial charge in [-0.3, -0.25) is 0 Å². The largest absolute Gasteiger partial charge is 0.377 e. The van der Waals surface area contributed by atoms with Gasteiger partial charge in [-0.2, -0.15) is 5.26 Å². The lowest BCUT2D eigenvalue weighted by Gasteiger charge is -2.20. The van der Waals surface area contributed by atoms with Gasteiger partial charge in [0.2, 0.25) is 0 Å². The maximum Gasteiger partial charge on any atom is 0.100 e. The molecule has 1 rings (SSSR count). The third-order valence-corrected chi connectivity index (χ3v) is 3.05. The molecule has 0 aliphatic rings. The summed E-state index contributed by atoms with van der Waals surface area (Å²) in [6, 6.07) is 7.84. The number of rotatable bonds is 5. The van der Waals surface area contributed by atoms with Crippen molar-refractivity contribution in [3.63, 3.8) is 0 Å². The molecule has 92 valence electrons. The van der Waals surface area contributed by atoms with E-state index >= 15 is 0 Å². The second kappa shape index (κ2) is 6.63. The van der Waals surface area contributed by atoms with Gasteiger partial charge in [-0.15, -0.1) is 0 Å². The summed E-state index contributed by atoms with van der Waals surface area (Å²) in [5, 5.41) is 8.84. The van der Waals surface area contributed by atoms with E-state index in [1.54, 1.807) is 0 Å². The topological polar surface area (TPSA) is 36.3 Å². The fourth-order valence-corrected chi connectivity index (χ4v) is 1.84. The molecule has 0 radical (unpaired) electrons. The first kappa shape index (κ1) is 14.0. The van der Waals surface area contributed by atoms with E-state index in [1.807, 2.05) is 39.1 Å². The molecule has 0 spiro atoms. The number of nitriles is 1. The van der Waals surface area contributed by atoms with Crippen molar-refractivity contribution >= 4 is 21.6 Å². The van der Waals surface area contributed by atoms with E-state index in [0.717, 1.165) is 16.7 Å². The average molecular weight is 297 g/mol. The van der Waals surface area contributed by atoms with Crippen molar-refractivity contribution in [1.82, 2.24) is 0 Å². The van der Waals surface area contributed by atoms with Crippen LogP contribution in [0.2, 0.25) is 0 Å². The van der Waals surface area contributed by atoms with Crippen molar-refractivity contribution in [1.29, 1.82) is 5.26 Å². The number of ether oxygens (including phenoxy) is 1. The molecule has 0 unspecified atom stereocenters. The molecule has 0 aromatic heterocycles. The van der Waals surface area contributed by atoms with Crippen molar-refractivity contribution < 1.29 is 4.74 Å². The van der Waals surface area contributed by atoms with Gasteiger partial charge in [0, 0.05) is 23.8 Å². The van der Waals surface area contributed by atoms with Gasteiger partial charge in [0.25, 0.3) is 0 Å². The van der Waals surface area contributed by atoms with Gasteiger partial charge in [0.1, 0.15) is 6.07 Å². The molecule has 0 bridgehead atoms. The van der Waals surface area contributed by atoms with Gasteiger partial charge < -0.3 is 9.64 Å². The average Bonchev–Trinajstić information content (AvgIpc) is 2.28. The summed E-state index contributed by atoms with van der Waals surface area (Å²) in [6.45, 7) is 5.58. The van der Waals surface area contributed by atoms with Gasteiger partial charge in [-0.1, -0.05) is 0 Å². The van der Waals surface area contributed by atoms with E-state index in [4.69, 9.17) is 10.00 Å². The zero-order valence-electron chi connectivity index (χ0n) is 10.4. The van der Waals surface area contributed by atoms with Crippen LogP contribution in [0.25, 0.3) is 0 Å². The zero-order valence-corrected chi connectivity index (χ0v) is 12.0. The number of likely N-dealkylation sites (N-methyl/N-ethyl adjacent to an activating group) is 1. The highest BCUT2D eigenvalue weighted by molar-refractivity contribution is 9.10. The molecule has 17 heavy (non-hydrogen) atoms. The molecule has 0 saturated heterocycles. The fraction of sp³-hybridized carbons (Fsp3) is 0.462. The highest BCUT2D eigenvalue weighted by Crippen LogP contribution is 2.22. The van der Waals surface area contributed by atoms with E-state index in [1.165, 1.54) is 0 Å². The monoisotopic (exact) mass is 296 g/mol. The molecular formula is C13H17BrN2O. The standard InChI is InChI=1S/C13H17BrN2O/c1-10(2)17-7-6-16(3)12-5-4-11(9-15)13(14)8-12/h4-5,8,10H,6-7H2,1-3H3. The smallest absolute Gasteiger partial charge is 0.100 e. The minimum Gasteiger partial charge on any atom is -0.377 e. The zero-order chi connectivity index (χ0) is 12.8. The van der Waals surface area contributed by atoms with Crippen molar-refractivity contribution in [3.05, 3.63) is 28.2 Å². The summed E-state index contributed by atoms with van der Waals surface area (Å²) >= 11 is 3.39. The maximum absolute atomic E-state index is 8.84. The van der Waals surface area contributed by atoms with Crippen LogP contribution in [0.3, 0.4) is 0 Å². The molecule has 4 heteroatoms. The summed E-state index contributed by atoms with van der Waals surface area (Å²) in [4.78, 5) is 2.11. The predicted octanol–water partition coefficient (Wildman–Crippen LogP) is 3.18. The van der Waals surface area contributed by atoms with Gasteiger partial charge in [0.15, 0.2) is 0 Å². The van der Waals surface area contributed by atoms with Crippen LogP contribution in [0.1, 0.15) is 19.4 Å². The van der Waals surface area contributed by atoms with E-state index in [2.05, 4.69) is 26.9 Å². The van der Waals surface area contributed by atoms with Crippen molar-refractivity contribution in [2.45, 2.75) is 20.0 Å². The van der Waals surface area contributed by atoms with Crippen LogP contribution in [0.4, 0.5) is 5.69 Å². The van der Waals surface area contributed by atoms with Gasteiger partial charge in [-0.25, -0.2) is 0 Å². The van der Waals surface area contributed by atoms with Crippen molar-refractivity contribution in [2.24, 2.45) is 0 Å². The molecule has 0 heterocycles. The SMILES string of the molecule is CC(C)OCCN(C)c1ccc(C#N)c(Br)c1. The Morgan fingerprint density at radius 1 is 1.47 bits per heavy atom. The van der Waals surface area contributed by atoms with Crippen LogP contribution in [-0.2, 0) is 4.74 Å². The Kier molecular flexibility index (Phi) is 5.46. The lowest BCUT2D eigenvalue weighted by atomic mass is 10.2. The Morgan fingerprint density at radius 2 is 2.18 bits per heavy atom. The lowest BCUT2D eigenvalue weighted by molar-refractivity contribution is 0.0846. The predicted molar refractivity (Wildman–Crippen MR) is 73.2 cm³/mol. The minimum atomic E-state index is 0.260. The number of benzene rings is 1. The van der Waals surface area contributed by atoms with E-state index < -0.39 is 0 Å². The van der Waals surface area contributed by atoms with Gasteiger partial charge in [0.05, 0.1) is 18.3 Å². The number of halogens is 1. The Balaban J connectivity index is 2.61. The minimum absolute atomic E-state index is 0.260. The summed E-state index contributed by atoms with van der Waals surface area (Å²) in [7, 11) is 2.01. The number of hydrogen-bond acceptors (Lipinski definition) is 3. The van der Waals surface area contributed by atoms with Gasteiger partial charge in [-0.05, 0) is 48.0 Å². The normalized spacial score (nSPS) is 10.4. The lowest BCUT2D eigenvalue weighted by Crippen LogP contribution is -2.23. The number of hydrogen-bond donors (Lipinski definition) is 0. The van der Waals surface area contributed by atoms with E-state index in [0.29, 0.717) is 12.2 Å². The van der Waals surface area contributed by atoms with Crippen LogP contribution in [0, 0.1) is 11.3 Å². The second-order valence-corrected chi connectivity index (χ2v) is 4.97. The van der Waals surface area contributed by atoms with E-state index in [-0.39, 0.29) is 6.10 Å². The first-order valence-electron chi connectivity index (χ1n) is 5.57. The Bertz CT molecular complexity index is 412. The van der Waals surface area contributed by atoms with Crippen LogP contribution in [0.15, 0.2) is 22.7 Å². The van der Waals surface area contributed by atoms with Crippen LogP contribution in [0.5, 0.6) is 0 Å². The molecule has 1 aromatic rings. The molecule has 0 atom stereocenters. The number of anilines is 1. The first-order chi connectivity index (χ1) is 8.04. The van der Waals surface area contributed by atoms with Crippen molar-refractivity contribution in [3.8, 4) is 6.07 Å². The van der Waals surface area contributed by atoms with E-state index in [9.17, 15) is 0 Å².